The van der Waals surface area contributed by atoms with Gasteiger partial charge >= 0.3 is 0 Å². The molecule has 2 aliphatic heterocycles. The minimum absolute atomic E-state index is 0.250. The molecule has 0 aromatic heterocycles. The molecule has 3 nitrogen and oxygen atoms in total. The number of rotatable bonds is 5. The molecule has 186 valence electrons. The van der Waals surface area contributed by atoms with Crippen molar-refractivity contribution < 1.29 is 4.79 Å². The molecular formula is C33H38N2O. The molecule has 0 N–H and O–H groups in total. The Kier molecular flexibility index (Phi) is 6.92. The van der Waals surface area contributed by atoms with Crippen LogP contribution in [-0.2, 0) is 12.8 Å². The lowest BCUT2D eigenvalue weighted by molar-refractivity contribution is 0.0780. The van der Waals surface area contributed by atoms with Gasteiger partial charge in [-0.15, -0.1) is 0 Å². The molecule has 36 heavy (non-hydrogen) atoms. The maximum atomic E-state index is 13.8. The molecule has 0 radical (unpaired) electrons. The van der Waals surface area contributed by atoms with Crippen molar-refractivity contribution in [3.8, 4) is 0 Å². The Labute approximate surface area is 216 Å². The van der Waals surface area contributed by atoms with Crippen LogP contribution in [0.5, 0.6) is 0 Å². The van der Waals surface area contributed by atoms with E-state index in [2.05, 4.69) is 88.7 Å². The molecule has 6 rings (SSSR count). The maximum absolute atomic E-state index is 13.8. The van der Waals surface area contributed by atoms with Gasteiger partial charge in [0.25, 0.3) is 5.91 Å². The van der Waals surface area contributed by atoms with Crippen LogP contribution < -0.4 is 0 Å². The molecule has 1 aliphatic carbocycles. The molecule has 3 aromatic carbocycles. The highest BCUT2D eigenvalue weighted by Crippen LogP contribution is 2.36. The van der Waals surface area contributed by atoms with Crippen LogP contribution in [-0.4, -0.2) is 48.4 Å². The monoisotopic (exact) mass is 478 g/mol. The summed E-state index contributed by atoms with van der Waals surface area (Å²) in [6.07, 6.45) is 7.06. The number of benzene rings is 3. The molecule has 2 fully saturated rings. The van der Waals surface area contributed by atoms with Crippen molar-refractivity contribution in [2.75, 3.05) is 32.7 Å². The first-order chi connectivity index (χ1) is 17.8. The molecule has 3 heteroatoms. The van der Waals surface area contributed by atoms with Gasteiger partial charge in [0.05, 0.1) is 0 Å². The Hall–Kier alpha value is -2.91. The highest BCUT2D eigenvalue weighted by Gasteiger charge is 2.38. The summed E-state index contributed by atoms with van der Waals surface area (Å²) >= 11 is 0. The van der Waals surface area contributed by atoms with Crippen LogP contribution in [0, 0.1) is 5.92 Å². The van der Waals surface area contributed by atoms with Gasteiger partial charge < -0.3 is 9.80 Å². The second kappa shape index (κ2) is 10.6. The minimum atomic E-state index is 0.250. The maximum Gasteiger partial charge on any atom is 0.254 e. The fourth-order valence-corrected chi connectivity index (χ4v) is 6.96. The van der Waals surface area contributed by atoms with Crippen LogP contribution in [0.4, 0.5) is 0 Å². The summed E-state index contributed by atoms with van der Waals surface area (Å²) in [6, 6.07) is 28.3. The van der Waals surface area contributed by atoms with Crippen molar-refractivity contribution in [3.63, 3.8) is 0 Å². The Balaban J connectivity index is 1.18. The third kappa shape index (κ3) is 4.86. The first-order valence-electron chi connectivity index (χ1n) is 14.0. The van der Waals surface area contributed by atoms with E-state index in [0.717, 1.165) is 51.1 Å². The second-order valence-electron chi connectivity index (χ2n) is 11.1. The summed E-state index contributed by atoms with van der Waals surface area (Å²) in [5.74, 6) is 1.81. The predicted molar refractivity (Wildman–Crippen MR) is 147 cm³/mol. The second-order valence-corrected chi connectivity index (χ2v) is 11.1. The molecule has 2 unspecified atom stereocenters. The van der Waals surface area contributed by atoms with E-state index in [4.69, 9.17) is 0 Å². The van der Waals surface area contributed by atoms with Crippen molar-refractivity contribution in [2.45, 2.75) is 50.4 Å². The zero-order valence-electron chi connectivity index (χ0n) is 21.3. The van der Waals surface area contributed by atoms with Gasteiger partial charge in [-0.2, -0.15) is 0 Å². The molecule has 2 heterocycles. The van der Waals surface area contributed by atoms with Crippen molar-refractivity contribution >= 4 is 5.91 Å². The van der Waals surface area contributed by atoms with Crippen molar-refractivity contribution in [1.82, 2.24) is 9.80 Å². The fourth-order valence-electron chi connectivity index (χ4n) is 6.96. The number of carbonyl (C=O) groups is 1. The van der Waals surface area contributed by atoms with Crippen LogP contribution in [0.1, 0.15) is 70.1 Å². The van der Waals surface area contributed by atoms with Gasteiger partial charge in [-0.25, -0.2) is 0 Å². The normalized spacial score (nSPS) is 22.9. The quantitative estimate of drug-likeness (QED) is 0.430. The SMILES string of the molecule is O=C(c1cccc2c1CCCC2)N1CC(CN2CCC(c3ccccc3)CC2)C(c2ccccc2)C1. The first-order valence-corrected chi connectivity index (χ1v) is 14.0. The Morgan fingerprint density at radius 1 is 0.750 bits per heavy atom. The van der Waals surface area contributed by atoms with E-state index in [1.165, 1.54) is 47.9 Å². The number of carbonyl (C=O) groups excluding carboxylic acids is 1. The Morgan fingerprint density at radius 3 is 2.19 bits per heavy atom. The van der Waals surface area contributed by atoms with Crippen molar-refractivity contribution in [2.24, 2.45) is 5.92 Å². The average molecular weight is 479 g/mol. The zero-order chi connectivity index (χ0) is 24.3. The summed E-state index contributed by atoms with van der Waals surface area (Å²) in [5.41, 5.74) is 6.54. The molecule has 2 saturated heterocycles. The van der Waals surface area contributed by atoms with Crippen LogP contribution >= 0.6 is 0 Å². The fraction of sp³-hybridized carbons (Fsp3) is 0.424. The third-order valence-electron chi connectivity index (χ3n) is 8.93. The van der Waals surface area contributed by atoms with E-state index < -0.39 is 0 Å². The smallest absolute Gasteiger partial charge is 0.254 e. The number of nitrogens with zero attached hydrogens (tertiary/aromatic N) is 2. The summed E-state index contributed by atoms with van der Waals surface area (Å²) in [6.45, 7) is 5.07. The number of piperidine rings is 1. The largest absolute Gasteiger partial charge is 0.338 e. The summed E-state index contributed by atoms with van der Waals surface area (Å²) in [4.78, 5) is 18.7. The lowest BCUT2D eigenvalue weighted by atomic mass is 9.86. The molecule has 0 spiro atoms. The van der Waals surface area contributed by atoms with Crippen LogP contribution in [0.25, 0.3) is 0 Å². The van der Waals surface area contributed by atoms with E-state index in [9.17, 15) is 4.79 Å². The minimum Gasteiger partial charge on any atom is -0.338 e. The highest BCUT2D eigenvalue weighted by atomic mass is 16.2. The molecular weight excluding hydrogens is 440 g/mol. The molecule has 2 atom stereocenters. The van der Waals surface area contributed by atoms with Crippen molar-refractivity contribution in [3.05, 3.63) is 107 Å². The predicted octanol–water partition coefficient (Wildman–Crippen LogP) is 6.30. The number of likely N-dealkylation sites (tertiary alicyclic amines) is 2. The first kappa shape index (κ1) is 23.5. The van der Waals surface area contributed by atoms with E-state index in [1.807, 2.05) is 0 Å². The molecule has 0 bridgehead atoms. The Morgan fingerprint density at radius 2 is 1.44 bits per heavy atom. The molecule has 3 aliphatic rings. The highest BCUT2D eigenvalue weighted by molar-refractivity contribution is 5.96. The standard InChI is InChI=1S/C33H38N2O/c36-33(31-17-9-15-27-14-7-8-16-30(27)31)35-23-29(32(24-35)28-12-5-2-6-13-28)22-34-20-18-26(19-21-34)25-10-3-1-4-11-25/h1-6,9-13,15,17,26,29,32H,7-8,14,16,18-24H2. The topological polar surface area (TPSA) is 23.6 Å². The van der Waals surface area contributed by atoms with Gasteiger partial charge in [-0.05, 0) is 91.8 Å². The number of fused-ring (bicyclic) bond motifs is 1. The molecule has 0 saturated carbocycles. The molecule has 3 aromatic rings. The number of hydrogen-bond donors (Lipinski definition) is 0. The van der Waals surface area contributed by atoms with E-state index in [0.29, 0.717) is 17.8 Å². The van der Waals surface area contributed by atoms with Crippen LogP contribution in [0.15, 0.2) is 78.9 Å². The third-order valence-corrected chi connectivity index (χ3v) is 8.93. The average Bonchev–Trinajstić information content (AvgIpc) is 3.37. The number of aryl methyl sites for hydroxylation is 1. The molecule has 1 amide bonds. The van der Waals surface area contributed by atoms with Gasteiger partial charge in [-0.1, -0.05) is 72.8 Å². The van der Waals surface area contributed by atoms with Gasteiger partial charge in [0.2, 0.25) is 0 Å². The number of hydrogen-bond acceptors (Lipinski definition) is 2. The summed E-state index contributed by atoms with van der Waals surface area (Å²) in [5, 5.41) is 0. The van der Waals surface area contributed by atoms with Gasteiger partial charge in [0.1, 0.15) is 0 Å². The summed E-state index contributed by atoms with van der Waals surface area (Å²) in [7, 11) is 0. The lowest BCUT2D eigenvalue weighted by Gasteiger charge is -2.34. The van der Waals surface area contributed by atoms with E-state index in [-0.39, 0.29) is 5.91 Å². The van der Waals surface area contributed by atoms with E-state index in [1.54, 1.807) is 0 Å². The number of amides is 1. The van der Waals surface area contributed by atoms with Gasteiger partial charge in [0.15, 0.2) is 0 Å². The van der Waals surface area contributed by atoms with Crippen molar-refractivity contribution in [1.29, 1.82) is 0 Å². The van der Waals surface area contributed by atoms with Crippen LogP contribution in [0.3, 0.4) is 0 Å². The van der Waals surface area contributed by atoms with Crippen LogP contribution in [0.2, 0.25) is 0 Å². The lowest BCUT2D eigenvalue weighted by Crippen LogP contribution is -2.38. The zero-order valence-corrected chi connectivity index (χ0v) is 21.3. The Bertz CT molecular complexity index is 1170. The van der Waals surface area contributed by atoms with E-state index >= 15 is 0 Å². The van der Waals surface area contributed by atoms with Gasteiger partial charge in [0, 0.05) is 31.1 Å². The van der Waals surface area contributed by atoms with Gasteiger partial charge in [-0.3, -0.25) is 4.79 Å². The summed E-state index contributed by atoms with van der Waals surface area (Å²) < 4.78 is 0.